The molecular weight excluding hydrogens is 236 g/mol. The summed E-state index contributed by atoms with van der Waals surface area (Å²) in [5, 5.41) is 10.5. The summed E-state index contributed by atoms with van der Waals surface area (Å²) in [6, 6.07) is 0. The Morgan fingerprint density at radius 1 is 1.11 bits per heavy atom. The minimum absolute atomic E-state index is 0.480. The first-order chi connectivity index (χ1) is 8.82. The first kappa shape index (κ1) is 13.9. The van der Waals surface area contributed by atoms with E-state index in [1.54, 1.807) is 7.11 Å². The lowest BCUT2D eigenvalue weighted by molar-refractivity contribution is -0.218. The molecule has 1 N–H and O–H groups in total. The van der Waals surface area contributed by atoms with Gasteiger partial charge in [-0.3, -0.25) is 0 Å². The molecule has 0 aromatic heterocycles. The van der Waals surface area contributed by atoms with Crippen LogP contribution < -0.4 is 0 Å². The summed E-state index contributed by atoms with van der Waals surface area (Å²) in [6.07, 6.45) is 8.26. The third-order valence-corrected chi connectivity index (χ3v) is 7.53. The average molecular weight is 266 g/mol. The Morgan fingerprint density at radius 3 is 2.37 bits per heavy atom. The van der Waals surface area contributed by atoms with Gasteiger partial charge in [0.1, 0.15) is 0 Å². The van der Waals surface area contributed by atoms with Gasteiger partial charge in [-0.05, 0) is 60.7 Å². The molecule has 2 bridgehead atoms. The summed E-state index contributed by atoms with van der Waals surface area (Å²) in [5.41, 5.74) is 0.967. The zero-order chi connectivity index (χ0) is 13.9. The largest absolute Gasteiger partial charge is 0.365 e. The van der Waals surface area contributed by atoms with E-state index < -0.39 is 5.79 Å². The summed E-state index contributed by atoms with van der Waals surface area (Å²) in [5.74, 6) is 1.52. The molecular formula is C17H30O2. The highest BCUT2D eigenvalue weighted by Gasteiger charge is 2.63. The van der Waals surface area contributed by atoms with Crippen molar-refractivity contribution in [2.45, 2.75) is 71.5 Å². The first-order valence-electron chi connectivity index (χ1n) is 8.10. The van der Waals surface area contributed by atoms with Crippen LogP contribution in [-0.2, 0) is 4.74 Å². The van der Waals surface area contributed by atoms with Gasteiger partial charge in [-0.15, -0.1) is 0 Å². The van der Waals surface area contributed by atoms with Gasteiger partial charge in [0.25, 0.3) is 0 Å². The lowest BCUT2D eigenvalue weighted by atomic mass is 9.60. The van der Waals surface area contributed by atoms with Crippen LogP contribution in [0.4, 0.5) is 0 Å². The molecule has 0 aliphatic heterocycles. The monoisotopic (exact) mass is 266 g/mol. The van der Waals surface area contributed by atoms with Crippen molar-refractivity contribution in [1.29, 1.82) is 0 Å². The molecule has 0 aromatic carbocycles. The number of aliphatic hydroxyl groups is 1. The molecule has 0 aromatic rings. The van der Waals surface area contributed by atoms with Gasteiger partial charge < -0.3 is 9.84 Å². The van der Waals surface area contributed by atoms with E-state index in [0.29, 0.717) is 16.7 Å². The molecule has 0 heterocycles. The maximum absolute atomic E-state index is 10.5. The second kappa shape index (κ2) is 4.21. The predicted molar refractivity (Wildman–Crippen MR) is 76.6 cm³/mol. The van der Waals surface area contributed by atoms with Crippen LogP contribution in [0.2, 0.25) is 0 Å². The van der Waals surface area contributed by atoms with E-state index in [-0.39, 0.29) is 0 Å². The SMILES string of the molecule is COC1(O)CCCC(C2CC3CCC2(C)C3(C)C)C1. The van der Waals surface area contributed by atoms with Crippen molar-refractivity contribution >= 4 is 0 Å². The normalized spacial score (nSPS) is 52.6. The number of fused-ring (bicyclic) bond motifs is 2. The lowest BCUT2D eigenvalue weighted by Crippen LogP contribution is -2.43. The predicted octanol–water partition coefficient (Wildman–Crippen LogP) is 3.97. The zero-order valence-corrected chi connectivity index (χ0v) is 13.0. The number of methoxy groups -OCH3 is 1. The van der Waals surface area contributed by atoms with Crippen LogP contribution in [0.5, 0.6) is 0 Å². The quantitative estimate of drug-likeness (QED) is 0.766. The van der Waals surface area contributed by atoms with Crippen molar-refractivity contribution in [3.05, 3.63) is 0 Å². The molecule has 5 unspecified atom stereocenters. The van der Waals surface area contributed by atoms with Crippen LogP contribution in [0.3, 0.4) is 0 Å². The maximum Gasteiger partial charge on any atom is 0.165 e. The number of hydrogen-bond acceptors (Lipinski definition) is 2. The molecule has 3 aliphatic carbocycles. The van der Waals surface area contributed by atoms with E-state index >= 15 is 0 Å². The summed E-state index contributed by atoms with van der Waals surface area (Å²) in [7, 11) is 1.66. The molecule has 3 saturated carbocycles. The Balaban J connectivity index is 1.81. The van der Waals surface area contributed by atoms with Gasteiger partial charge in [0.05, 0.1) is 0 Å². The van der Waals surface area contributed by atoms with Crippen LogP contribution in [0, 0.1) is 28.6 Å². The molecule has 0 amide bonds. The molecule has 19 heavy (non-hydrogen) atoms. The Bertz CT molecular complexity index is 364. The molecule has 110 valence electrons. The summed E-state index contributed by atoms with van der Waals surface area (Å²) < 4.78 is 5.39. The molecule has 3 rings (SSSR count). The fourth-order valence-electron chi connectivity index (χ4n) is 5.76. The Kier molecular flexibility index (Phi) is 3.07. The maximum atomic E-state index is 10.5. The lowest BCUT2D eigenvalue weighted by Gasteiger charge is -2.46. The Morgan fingerprint density at radius 2 is 1.84 bits per heavy atom. The molecule has 0 spiro atoms. The molecule has 2 heteroatoms. The third kappa shape index (κ3) is 1.82. The van der Waals surface area contributed by atoms with E-state index in [4.69, 9.17) is 4.74 Å². The van der Waals surface area contributed by atoms with Crippen molar-refractivity contribution < 1.29 is 9.84 Å². The van der Waals surface area contributed by atoms with Crippen molar-refractivity contribution in [2.75, 3.05) is 7.11 Å². The third-order valence-electron chi connectivity index (χ3n) is 7.53. The highest BCUT2D eigenvalue weighted by atomic mass is 16.6. The van der Waals surface area contributed by atoms with Crippen LogP contribution in [0.25, 0.3) is 0 Å². The molecule has 2 nitrogen and oxygen atoms in total. The van der Waals surface area contributed by atoms with Crippen molar-refractivity contribution in [3.63, 3.8) is 0 Å². The molecule has 0 saturated heterocycles. The van der Waals surface area contributed by atoms with Gasteiger partial charge in [-0.25, -0.2) is 0 Å². The van der Waals surface area contributed by atoms with E-state index in [2.05, 4.69) is 20.8 Å². The minimum atomic E-state index is -0.842. The van der Waals surface area contributed by atoms with E-state index in [9.17, 15) is 5.11 Å². The number of hydrogen-bond donors (Lipinski definition) is 1. The smallest absolute Gasteiger partial charge is 0.165 e. The molecule has 3 aliphatic rings. The van der Waals surface area contributed by atoms with Crippen molar-refractivity contribution in [3.8, 4) is 0 Å². The Hall–Kier alpha value is -0.0800. The van der Waals surface area contributed by atoms with Crippen LogP contribution >= 0.6 is 0 Å². The van der Waals surface area contributed by atoms with Crippen molar-refractivity contribution in [2.24, 2.45) is 28.6 Å². The molecule has 3 fully saturated rings. The topological polar surface area (TPSA) is 29.5 Å². The first-order valence-corrected chi connectivity index (χ1v) is 8.10. The van der Waals surface area contributed by atoms with Gasteiger partial charge in [0.15, 0.2) is 5.79 Å². The van der Waals surface area contributed by atoms with Crippen LogP contribution in [0.15, 0.2) is 0 Å². The minimum Gasteiger partial charge on any atom is -0.365 e. The second-order valence-electron chi connectivity index (χ2n) is 8.22. The summed E-state index contributed by atoms with van der Waals surface area (Å²) >= 11 is 0. The summed E-state index contributed by atoms with van der Waals surface area (Å²) in [4.78, 5) is 0. The molecule has 5 atom stereocenters. The van der Waals surface area contributed by atoms with Crippen molar-refractivity contribution in [1.82, 2.24) is 0 Å². The van der Waals surface area contributed by atoms with Crippen LogP contribution in [-0.4, -0.2) is 18.0 Å². The fraction of sp³-hybridized carbons (Fsp3) is 1.00. The highest BCUT2D eigenvalue weighted by molar-refractivity contribution is 5.11. The standard InChI is InChI=1S/C17H30O2/c1-15(2)13-7-9-16(15,3)14(10-13)12-6-5-8-17(18,11-12)19-4/h12-14,18H,5-11H2,1-4H3. The van der Waals surface area contributed by atoms with Gasteiger partial charge >= 0.3 is 0 Å². The van der Waals surface area contributed by atoms with E-state index in [1.165, 1.54) is 25.7 Å². The molecule has 0 radical (unpaired) electrons. The number of ether oxygens (including phenoxy) is 1. The second-order valence-corrected chi connectivity index (χ2v) is 8.22. The summed E-state index contributed by atoms with van der Waals surface area (Å²) in [6.45, 7) is 7.48. The van der Waals surface area contributed by atoms with Gasteiger partial charge in [0, 0.05) is 20.0 Å². The van der Waals surface area contributed by atoms with E-state index in [1.807, 2.05) is 0 Å². The van der Waals surface area contributed by atoms with Gasteiger partial charge in [0.2, 0.25) is 0 Å². The highest BCUT2D eigenvalue weighted by Crippen LogP contribution is 2.70. The Labute approximate surface area is 117 Å². The van der Waals surface area contributed by atoms with E-state index in [0.717, 1.165) is 31.1 Å². The van der Waals surface area contributed by atoms with Gasteiger partial charge in [-0.2, -0.15) is 0 Å². The fourth-order valence-corrected chi connectivity index (χ4v) is 5.76. The zero-order valence-electron chi connectivity index (χ0n) is 13.0. The van der Waals surface area contributed by atoms with Gasteiger partial charge in [-0.1, -0.05) is 20.8 Å². The number of rotatable bonds is 2. The average Bonchev–Trinajstić information content (AvgIpc) is 2.71. The van der Waals surface area contributed by atoms with Crippen LogP contribution in [0.1, 0.15) is 65.7 Å².